The number of likely N-dealkylation sites (N-methyl/N-ethyl adjacent to an activating group) is 1. The molecule has 0 aromatic carbocycles. The van der Waals surface area contributed by atoms with Gasteiger partial charge in [-0.1, -0.05) is 6.92 Å². The van der Waals surface area contributed by atoms with E-state index in [1.807, 2.05) is 0 Å². The zero-order chi connectivity index (χ0) is 9.36. The Morgan fingerprint density at radius 3 is 3.08 bits per heavy atom. The van der Waals surface area contributed by atoms with E-state index in [-0.39, 0.29) is 0 Å². The smallest absolute Gasteiger partial charge is 0.0597 e. The Labute approximate surface area is 80.8 Å². The molecule has 3 heteroatoms. The molecule has 1 rings (SSSR count). The molecule has 3 nitrogen and oxygen atoms in total. The molecule has 0 aromatic rings. The van der Waals surface area contributed by atoms with Crippen molar-refractivity contribution in [1.82, 2.24) is 5.32 Å². The molecule has 1 fully saturated rings. The third-order valence-corrected chi connectivity index (χ3v) is 2.28. The molecule has 0 spiro atoms. The zero-order valence-electron chi connectivity index (χ0n) is 8.55. The minimum absolute atomic E-state index is 0.471. The first-order valence-electron chi connectivity index (χ1n) is 5.33. The maximum absolute atomic E-state index is 5.49. The molecule has 1 unspecified atom stereocenters. The van der Waals surface area contributed by atoms with Crippen LogP contribution in [0.2, 0.25) is 0 Å². The summed E-state index contributed by atoms with van der Waals surface area (Å²) in [6.07, 6.45) is 3.98. The fraction of sp³-hybridized carbons (Fsp3) is 1.00. The molecule has 0 aromatic heterocycles. The predicted molar refractivity (Wildman–Crippen MR) is 53.0 cm³/mol. The first-order chi connectivity index (χ1) is 6.43. The van der Waals surface area contributed by atoms with E-state index in [1.165, 1.54) is 12.8 Å². The lowest BCUT2D eigenvalue weighted by Crippen LogP contribution is -2.20. The van der Waals surface area contributed by atoms with E-state index in [4.69, 9.17) is 9.47 Å². The van der Waals surface area contributed by atoms with Gasteiger partial charge < -0.3 is 14.8 Å². The highest BCUT2D eigenvalue weighted by Gasteiger charge is 2.14. The van der Waals surface area contributed by atoms with Gasteiger partial charge in [0.15, 0.2) is 0 Å². The van der Waals surface area contributed by atoms with Crippen molar-refractivity contribution in [2.45, 2.75) is 32.3 Å². The summed E-state index contributed by atoms with van der Waals surface area (Å²) in [7, 11) is 0. The van der Waals surface area contributed by atoms with Crippen LogP contribution in [0.25, 0.3) is 0 Å². The van der Waals surface area contributed by atoms with Crippen LogP contribution in [0.15, 0.2) is 0 Å². The Balaban J connectivity index is 1.78. The first kappa shape index (κ1) is 11.0. The number of hydrogen-bond donors (Lipinski definition) is 1. The molecule has 1 aliphatic heterocycles. The van der Waals surface area contributed by atoms with Gasteiger partial charge in [0.2, 0.25) is 0 Å². The number of nitrogens with one attached hydrogen (secondary N) is 1. The standard InChI is InChI=1S/C10H21NO2/c1-2-11-6-9-12-8-5-10-4-3-7-13-10/h10-11H,2-9H2,1H3. The lowest BCUT2D eigenvalue weighted by atomic mass is 10.2. The molecule has 78 valence electrons. The molecule has 1 aliphatic rings. The molecule has 0 radical (unpaired) electrons. The summed E-state index contributed by atoms with van der Waals surface area (Å²) in [4.78, 5) is 0. The van der Waals surface area contributed by atoms with E-state index in [0.717, 1.165) is 39.3 Å². The summed E-state index contributed by atoms with van der Waals surface area (Å²) >= 11 is 0. The first-order valence-corrected chi connectivity index (χ1v) is 5.33. The fourth-order valence-corrected chi connectivity index (χ4v) is 1.51. The Kier molecular flexibility index (Phi) is 6.15. The van der Waals surface area contributed by atoms with Crippen molar-refractivity contribution in [2.75, 3.05) is 32.9 Å². The van der Waals surface area contributed by atoms with E-state index in [0.29, 0.717) is 6.10 Å². The van der Waals surface area contributed by atoms with Gasteiger partial charge in [0, 0.05) is 19.8 Å². The third kappa shape index (κ3) is 5.24. The average Bonchev–Trinajstić information content (AvgIpc) is 2.63. The van der Waals surface area contributed by atoms with Gasteiger partial charge in [-0.15, -0.1) is 0 Å². The SMILES string of the molecule is CCNCCOCCC1CCCO1. The van der Waals surface area contributed by atoms with Gasteiger partial charge in [-0.05, 0) is 25.8 Å². The van der Waals surface area contributed by atoms with Gasteiger partial charge in [-0.25, -0.2) is 0 Å². The number of rotatable bonds is 7. The van der Waals surface area contributed by atoms with Crippen molar-refractivity contribution in [2.24, 2.45) is 0 Å². The third-order valence-electron chi connectivity index (χ3n) is 2.28. The topological polar surface area (TPSA) is 30.5 Å². The molecule has 1 saturated heterocycles. The van der Waals surface area contributed by atoms with E-state index < -0.39 is 0 Å². The Hall–Kier alpha value is -0.120. The largest absolute Gasteiger partial charge is 0.380 e. The van der Waals surface area contributed by atoms with Crippen LogP contribution in [-0.4, -0.2) is 39.0 Å². The van der Waals surface area contributed by atoms with E-state index in [2.05, 4.69) is 12.2 Å². The zero-order valence-corrected chi connectivity index (χ0v) is 8.55. The van der Waals surface area contributed by atoms with E-state index >= 15 is 0 Å². The summed E-state index contributed by atoms with van der Waals surface area (Å²) < 4.78 is 10.9. The molecule has 1 N–H and O–H groups in total. The lowest BCUT2D eigenvalue weighted by molar-refractivity contribution is 0.0603. The molecule has 0 saturated carbocycles. The summed E-state index contributed by atoms with van der Waals surface area (Å²) in [5.74, 6) is 0. The fourth-order valence-electron chi connectivity index (χ4n) is 1.51. The van der Waals surface area contributed by atoms with Crippen LogP contribution in [0.3, 0.4) is 0 Å². The molecule has 0 aliphatic carbocycles. The quantitative estimate of drug-likeness (QED) is 0.607. The lowest BCUT2D eigenvalue weighted by Gasteiger charge is -2.09. The second kappa shape index (κ2) is 7.30. The highest BCUT2D eigenvalue weighted by molar-refractivity contribution is 4.63. The number of ether oxygens (including phenoxy) is 2. The van der Waals surface area contributed by atoms with Gasteiger partial charge in [0.05, 0.1) is 12.7 Å². The van der Waals surface area contributed by atoms with Crippen LogP contribution in [0.1, 0.15) is 26.2 Å². The van der Waals surface area contributed by atoms with Gasteiger partial charge >= 0.3 is 0 Å². The van der Waals surface area contributed by atoms with Crippen LogP contribution in [0.4, 0.5) is 0 Å². The summed E-state index contributed by atoms with van der Waals surface area (Å²) in [6.45, 7) is 6.70. The van der Waals surface area contributed by atoms with Gasteiger partial charge in [-0.3, -0.25) is 0 Å². The summed E-state index contributed by atoms with van der Waals surface area (Å²) in [5, 5.41) is 3.22. The molecule has 0 amide bonds. The van der Waals surface area contributed by atoms with Crippen molar-refractivity contribution in [3.05, 3.63) is 0 Å². The van der Waals surface area contributed by atoms with Crippen molar-refractivity contribution < 1.29 is 9.47 Å². The van der Waals surface area contributed by atoms with Crippen LogP contribution < -0.4 is 5.32 Å². The molecule has 0 bridgehead atoms. The van der Waals surface area contributed by atoms with Crippen molar-refractivity contribution in [1.29, 1.82) is 0 Å². The minimum atomic E-state index is 0.471. The highest BCUT2D eigenvalue weighted by atomic mass is 16.5. The predicted octanol–water partition coefficient (Wildman–Crippen LogP) is 1.18. The number of hydrogen-bond acceptors (Lipinski definition) is 3. The van der Waals surface area contributed by atoms with Crippen molar-refractivity contribution in [3.8, 4) is 0 Å². The van der Waals surface area contributed by atoms with Gasteiger partial charge in [-0.2, -0.15) is 0 Å². The maximum Gasteiger partial charge on any atom is 0.0597 e. The molecule has 1 heterocycles. The van der Waals surface area contributed by atoms with E-state index in [9.17, 15) is 0 Å². The Morgan fingerprint density at radius 2 is 2.38 bits per heavy atom. The monoisotopic (exact) mass is 187 g/mol. The highest BCUT2D eigenvalue weighted by Crippen LogP contribution is 2.14. The second-order valence-electron chi connectivity index (χ2n) is 3.39. The Bertz CT molecular complexity index is 113. The summed E-state index contributed by atoms with van der Waals surface area (Å²) in [5.41, 5.74) is 0. The van der Waals surface area contributed by atoms with Crippen molar-refractivity contribution >= 4 is 0 Å². The molecular weight excluding hydrogens is 166 g/mol. The van der Waals surface area contributed by atoms with Gasteiger partial charge in [0.1, 0.15) is 0 Å². The van der Waals surface area contributed by atoms with Crippen LogP contribution in [0, 0.1) is 0 Å². The van der Waals surface area contributed by atoms with Crippen molar-refractivity contribution in [3.63, 3.8) is 0 Å². The molecular formula is C10H21NO2. The van der Waals surface area contributed by atoms with Crippen LogP contribution in [0.5, 0.6) is 0 Å². The van der Waals surface area contributed by atoms with E-state index in [1.54, 1.807) is 0 Å². The Morgan fingerprint density at radius 1 is 1.46 bits per heavy atom. The molecule has 13 heavy (non-hydrogen) atoms. The van der Waals surface area contributed by atoms with Gasteiger partial charge in [0.25, 0.3) is 0 Å². The van der Waals surface area contributed by atoms with Crippen LogP contribution >= 0.6 is 0 Å². The molecule has 1 atom stereocenters. The normalized spacial score (nSPS) is 22.4. The minimum Gasteiger partial charge on any atom is -0.380 e. The summed E-state index contributed by atoms with van der Waals surface area (Å²) in [6, 6.07) is 0. The second-order valence-corrected chi connectivity index (χ2v) is 3.39. The average molecular weight is 187 g/mol. The maximum atomic E-state index is 5.49. The van der Waals surface area contributed by atoms with Crippen LogP contribution in [-0.2, 0) is 9.47 Å².